The van der Waals surface area contributed by atoms with E-state index < -0.39 is 0 Å². The summed E-state index contributed by atoms with van der Waals surface area (Å²) in [5.41, 5.74) is 11.9. The normalized spacial score (nSPS) is 6.43. The third-order valence-electron chi connectivity index (χ3n) is 0.196. The summed E-state index contributed by atoms with van der Waals surface area (Å²) in [7, 11) is 0. The quantitative estimate of drug-likeness (QED) is 0.161. The van der Waals surface area contributed by atoms with Gasteiger partial charge in [-0.3, -0.25) is 0 Å². The summed E-state index contributed by atoms with van der Waals surface area (Å²) in [6.07, 6.45) is 0. The minimum absolute atomic E-state index is 0. The Morgan fingerprint density at radius 3 is 1.14 bits per heavy atom. The zero-order valence-corrected chi connectivity index (χ0v) is 8.31. The Labute approximate surface area is 92.0 Å². The van der Waals surface area contributed by atoms with Crippen LogP contribution in [0.5, 0.6) is 0 Å². The monoisotopic (exact) mass is 297 g/mol. The number of rotatable bonds is 2. The first-order valence-electron chi connectivity index (χ1n) is 1.96. The molecule has 0 aliphatic carbocycles. The van der Waals surface area contributed by atoms with Gasteiger partial charge in [0.1, 0.15) is 0 Å². The minimum atomic E-state index is 0. The zero-order chi connectivity index (χ0) is 10.2. The van der Waals surface area contributed by atoms with Crippen LogP contribution in [0.4, 0.5) is 0 Å². The molecule has 14 heteroatoms. The van der Waals surface area contributed by atoms with E-state index in [-0.39, 0.29) is 26.6 Å². The summed E-state index contributed by atoms with van der Waals surface area (Å²) in [6, 6.07) is 0. The van der Waals surface area contributed by atoms with Crippen LogP contribution in [0.15, 0.2) is 31.3 Å². The van der Waals surface area contributed by atoms with Crippen molar-refractivity contribution in [2.75, 3.05) is 0 Å². The van der Waals surface area contributed by atoms with Gasteiger partial charge in [-0.05, 0) is 20.9 Å². The van der Waals surface area contributed by atoms with Crippen LogP contribution in [0, 0.1) is 21.8 Å². The molecule has 0 saturated carbocycles. The first-order valence-corrected chi connectivity index (χ1v) is 1.96. The predicted octanol–water partition coefficient (Wildman–Crippen LogP) is 0.706. The van der Waals surface area contributed by atoms with Crippen molar-refractivity contribution in [1.29, 1.82) is 21.8 Å². The SMILES string of the molecule is N.N#N.N/N=N/N.N=N/N=N/N=N.[Pd]. The Morgan fingerprint density at radius 2 is 1.07 bits per heavy atom. The molecule has 0 spiro atoms. The third kappa shape index (κ3) is 197. The number of hydrogen-bond acceptors (Lipinski definition) is 7. The molecule has 84 valence electrons. The summed E-state index contributed by atoms with van der Waals surface area (Å²) in [5.74, 6) is 8.72. The molecule has 0 aromatic rings. The average Bonchev–Trinajstić information content (AvgIpc) is 2.18. The molecule has 0 rings (SSSR count). The Morgan fingerprint density at radius 1 is 0.857 bits per heavy atom. The summed E-state index contributed by atoms with van der Waals surface area (Å²) in [6.45, 7) is 0. The van der Waals surface area contributed by atoms with Crippen LogP contribution in [0.3, 0.4) is 0 Å². The van der Waals surface area contributed by atoms with Crippen LogP contribution in [0.25, 0.3) is 0 Å². The molecule has 0 aromatic carbocycles. The van der Waals surface area contributed by atoms with Gasteiger partial charge in [0, 0.05) is 31.2 Å². The van der Waals surface area contributed by atoms with Gasteiger partial charge < -0.3 is 17.8 Å². The van der Waals surface area contributed by atoms with Gasteiger partial charge in [0.2, 0.25) is 0 Å². The zero-order valence-electron chi connectivity index (χ0n) is 6.76. The molecular formula is H9N13Pd. The topological polar surface area (TPSA) is 256 Å². The van der Waals surface area contributed by atoms with Gasteiger partial charge in [-0.25, -0.2) is 0 Å². The summed E-state index contributed by atoms with van der Waals surface area (Å²) < 4.78 is 0. The smallest absolute Gasteiger partial charge is 0 e. The van der Waals surface area contributed by atoms with Crippen molar-refractivity contribution < 1.29 is 20.4 Å². The first-order chi connectivity index (χ1) is 5.83. The van der Waals surface area contributed by atoms with Crippen molar-refractivity contribution in [3.8, 4) is 0 Å². The van der Waals surface area contributed by atoms with E-state index in [1.807, 2.05) is 0 Å². The number of nitrogens with one attached hydrogen (secondary N) is 2. The first kappa shape index (κ1) is 29.6. The van der Waals surface area contributed by atoms with Gasteiger partial charge in [-0.2, -0.15) is 11.1 Å². The Hall–Kier alpha value is -1.96. The van der Waals surface area contributed by atoms with E-state index in [0.29, 0.717) is 0 Å². The molecular weight excluding hydrogens is 289 g/mol. The maximum atomic E-state index is 6.00. The van der Waals surface area contributed by atoms with Crippen LogP contribution >= 0.6 is 0 Å². The van der Waals surface area contributed by atoms with Crippen molar-refractivity contribution in [2.24, 2.45) is 43.0 Å². The van der Waals surface area contributed by atoms with Crippen molar-refractivity contribution in [3.63, 3.8) is 0 Å². The van der Waals surface area contributed by atoms with Crippen LogP contribution in [-0.4, -0.2) is 0 Å². The molecule has 0 aliphatic rings. The molecule has 0 atom stereocenters. The van der Waals surface area contributed by atoms with E-state index >= 15 is 0 Å². The predicted molar refractivity (Wildman–Crippen MR) is 36.9 cm³/mol. The molecule has 0 unspecified atom stereocenters. The molecule has 0 aliphatic heterocycles. The second-order valence-electron chi connectivity index (χ2n) is 0.610. The van der Waals surface area contributed by atoms with Crippen LogP contribution < -0.4 is 17.8 Å². The minimum Gasteiger partial charge on any atom is -0.344 e. The second-order valence-corrected chi connectivity index (χ2v) is 0.610. The molecule has 0 amide bonds. The van der Waals surface area contributed by atoms with Crippen molar-refractivity contribution in [2.45, 2.75) is 0 Å². The summed E-state index contributed by atoms with van der Waals surface area (Å²) >= 11 is 0. The van der Waals surface area contributed by atoms with E-state index in [1.54, 1.807) is 0 Å². The fourth-order valence-corrected chi connectivity index (χ4v) is 0.0400. The van der Waals surface area contributed by atoms with Crippen LogP contribution in [-0.2, 0) is 20.4 Å². The van der Waals surface area contributed by atoms with Crippen molar-refractivity contribution >= 4 is 0 Å². The second kappa shape index (κ2) is 68.1. The number of nitrogens with zero attached hydrogens (tertiary/aromatic N) is 8. The van der Waals surface area contributed by atoms with Crippen LogP contribution in [0.2, 0.25) is 0 Å². The third-order valence-corrected chi connectivity index (χ3v) is 0.196. The standard InChI is InChI=1S/H2N6.H4N4.N2.H3N.Pd/c1-3-5-6-4-2;1-3-4-2;1-2;;/h1-2H;(H2,1,4)(H2,2,3);;1H3;/b3-1?,4-2?,6-5+;;;;. The number of nitrogens with two attached hydrogens (primary N) is 2. The van der Waals surface area contributed by atoms with E-state index in [0.717, 1.165) is 0 Å². The molecule has 0 aromatic heterocycles. The number of hydrogen-bond donors (Lipinski definition) is 5. The molecule has 0 saturated heterocycles. The van der Waals surface area contributed by atoms with E-state index in [1.165, 1.54) is 0 Å². The maximum absolute atomic E-state index is 6.00. The molecule has 14 heavy (non-hydrogen) atoms. The van der Waals surface area contributed by atoms with Gasteiger partial charge in [0.25, 0.3) is 0 Å². The van der Waals surface area contributed by atoms with Crippen LogP contribution in [0.1, 0.15) is 0 Å². The molecule has 13 nitrogen and oxygen atoms in total. The van der Waals surface area contributed by atoms with Gasteiger partial charge in [-0.15, -0.1) is 0 Å². The molecule has 0 fully saturated rings. The molecule has 9 N–H and O–H groups in total. The van der Waals surface area contributed by atoms with Gasteiger partial charge in [-0.1, -0.05) is 10.4 Å². The summed E-state index contributed by atoms with van der Waals surface area (Å²) in [4.78, 5) is 0. The van der Waals surface area contributed by atoms with E-state index in [2.05, 4.69) is 43.0 Å². The molecule has 0 radical (unpaired) electrons. The Kier molecular flexibility index (Phi) is 144. The fourth-order valence-electron chi connectivity index (χ4n) is 0.0400. The van der Waals surface area contributed by atoms with E-state index in [4.69, 9.17) is 21.8 Å². The van der Waals surface area contributed by atoms with Crippen molar-refractivity contribution in [3.05, 3.63) is 0 Å². The average molecular weight is 298 g/mol. The van der Waals surface area contributed by atoms with Gasteiger partial charge in [0.15, 0.2) is 0 Å². The van der Waals surface area contributed by atoms with Crippen molar-refractivity contribution in [1.82, 2.24) is 6.15 Å². The Bertz CT molecular complexity index is 136. The molecule has 0 bridgehead atoms. The summed E-state index contributed by atoms with van der Waals surface area (Å²) in [5, 5.41) is 27.4. The maximum Gasteiger partial charge on any atom is 0 e. The Balaban J connectivity index is -0.0000000302. The largest absolute Gasteiger partial charge is 0.344 e. The van der Waals surface area contributed by atoms with Gasteiger partial charge in [0.05, 0.1) is 0 Å². The fraction of sp³-hybridized carbons (Fsp3) is 0. The van der Waals surface area contributed by atoms with E-state index in [9.17, 15) is 0 Å². The molecule has 0 heterocycles. The van der Waals surface area contributed by atoms with Gasteiger partial charge >= 0.3 is 0 Å².